The lowest BCUT2D eigenvalue weighted by molar-refractivity contribution is 0.102. The fraction of sp³-hybridized carbons (Fsp3) is 0.238. The SMILES string of the molecule is Cc1cc(F)c(-c2nc(C3CC3)nn2C)cc1NC(=O)c1cnn2ccccc12. The average molecular weight is 390 g/mol. The van der Waals surface area contributed by atoms with Crippen molar-refractivity contribution in [3.63, 3.8) is 0 Å². The summed E-state index contributed by atoms with van der Waals surface area (Å²) in [5.41, 5.74) is 2.61. The molecule has 1 N–H and O–H groups in total. The van der Waals surface area contributed by atoms with Gasteiger partial charge < -0.3 is 5.32 Å². The Morgan fingerprint density at radius 1 is 1.28 bits per heavy atom. The van der Waals surface area contributed by atoms with Crippen molar-refractivity contribution in [1.82, 2.24) is 24.4 Å². The minimum absolute atomic E-state index is 0.302. The van der Waals surface area contributed by atoms with E-state index < -0.39 is 5.82 Å². The molecule has 1 aliphatic carbocycles. The molecular weight excluding hydrogens is 371 g/mol. The van der Waals surface area contributed by atoms with Gasteiger partial charge in [0.2, 0.25) is 0 Å². The molecule has 1 fully saturated rings. The quantitative estimate of drug-likeness (QED) is 0.576. The molecule has 3 aromatic heterocycles. The molecule has 1 saturated carbocycles. The molecule has 0 spiro atoms. The first-order valence-corrected chi connectivity index (χ1v) is 9.46. The zero-order valence-corrected chi connectivity index (χ0v) is 16.1. The average Bonchev–Trinajstić information content (AvgIpc) is 3.35. The molecule has 146 valence electrons. The van der Waals surface area contributed by atoms with E-state index in [0.717, 1.165) is 18.7 Å². The van der Waals surface area contributed by atoms with E-state index in [1.807, 2.05) is 18.2 Å². The number of amides is 1. The Labute approximate surface area is 166 Å². The van der Waals surface area contributed by atoms with Crippen LogP contribution in [0.15, 0.2) is 42.7 Å². The Morgan fingerprint density at radius 3 is 2.90 bits per heavy atom. The highest BCUT2D eigenvalue weighted by Crippen LogP contribution is 2.39. The summed E-state index contributed by atoms with van der Waals surface area (Å²) >= 11 is 0. The fourth-order valence-corrected chi connectivity index (χ4v) is 3.43. The van der Waals surface area contributed by atoms with Gasteiger partial charge in [-0.15, -0.1) is 0 Å². The van der Waals surface area contributed by atoms with Crippen LogP contribution in [0.3, 0.4) is 0 Å². The van der Waals surface area contributed by atoms with Crippen molar-refractivity contribution in [3.8, 4) is 11.4 Å². The van der Waals surface area contributed by atoms with Crippen LogP contribution >= 0.6 is 0 Å². The van der Waals surface area contributed by atoms with Crippen molar-refractivity contribution in [2.75, 3.05) is 5.32 Å². The van der Waals surface area contributed by atoms with Crippen molar-refractivity contribution in [3.05, 3.63) is 65.5 Å². The van der Waals surface area contributed by atoms with Gasteiger partial charge in [0.1, 0.15) is 5.82 Å². The number of benzene rings is 1. The standard InChI is InChI=1S/C21H19FN6O/c1-12-9-16(22)14(20-25-19(13-6-7-13)26-27(20)2)10-17(12)24-21(29)15-11-23-28-8-4-3-5-18(15)28/h3-5,8-11,13H,6-7H2,1-2H3,(H,24,29). The molecule has 8 heteroatoms. The number of nitrogens with zero attached hydrogens (tertiary/aromatic N) is 5. The van der Waals surface area contributed by atoms with E-state index in [0.29, 0.717) is 39.6 Å². The smallest absolute Gasteiger partial charge is 0.259 e. The van der Waals surface area contributed by atoms with Crippen LogP contribution in [-0.2, 0) is 7.05 Å². The molecule has 1 aromatic carbocycles. The van der Waals surface area contributed by atoms with Gasteiger partial charge in [0.25, 0.3) is 5.91 Å². The topological polar surface area (TPSA) is 77.1 Å². The summed E-state index contributed by atoms with van der Waals surface area (Å²) in [6.07, 6.45) is 5.44. The predicted molar refractivity (Wildman–Crippen MR) is 106 cm³/mol. The molecule has 29 heavy (non-hydrogen) atoms. The Balaban J connectivity index is 1.51. The Bertz CT molecular complexity index is 1250. The number of hydrogen-bond donors (Lipinski definition) is 1. The highest BCUT2D eigenvalue weighted by Gasteiger charge is 2.29. The van der Waals surface area contributed by atoms with E-state index in [1.54, 1.807) is 35.4 Å². The number of fused-ring (bicyclic) bond motifs is 1. The molecule has 0 saturated heterocycles. The molecule has 0 radical (unpaired) electrons. The van der Waals surface area contributed by atoms with Crippen molar-refractivity contribution < 1.29 is 9.18 Å². The molecule has 0 unspecified atom stereocenters. The van der Waals surface area contributed by atoms with Crippen molar-refractivity contribution >= 4 is 17.1 Å². The molecule has 1 aliphatic rings. The number of aromatic nitrogens is 5. The van der Waals surface area contributed by atoms with Crippen LogP contribution in [0, 0.1) is 12.7 Å². The summed E-state index contributed by atoms with van der Waals surface area (Å²) < 4.78 is 18.0. The van der Waals surface area contributed by atoms with Crippen molar-refractivity contribution in [2.24, 2.45) is 7.05 Å². The number of pyridine rings is 1. The number of hydrogen-bond acceptors (Lipinski definition) is 4. The highest BCUT2D eigenvalue weighted by atomic mass is 19.1. The molecule has 4 aromatic rings. The minimum Gasteiger partial charge on any atom is -0.322 e. The van der Waals surface area contributed by atoms with Crippen LogP contribution in [0.2, 0.25) is 0 Å². The van der Waals surface area contributed by atoms with Gasteiger partial charge in [0.05, 0.1) is 22.8 Å². The first-order chi connectivity index (χ1) is 14.0. The van der Waals surface area contributed by atoms with Crippen LogP contribution in [0.25, 0.3) is 16.9 Å². The molecular formula is C21H19FN6O. The lowest BCUT2D eigenvalue weighted by Crippen LogP contribution is -2.13. The summed E-state index contributed by atoms with van der Waals surface area (Å²) in [6.45, 7) is 1.75. The molecule has 5 rings (SSSR count). The van der Waals surface area contributed by atoms with Gasteiger partial charge in [0, 0.05) is 24.8 Å². The van der Waals surface area contributed by atoms with E-state index in [1.165, 1.54) is 12.3 Å². The molecule has 1 amide bonds. The number of carbonyl (C=O) groups excluding carboxylic acids is 1. The zero-order chi connectivity index (χ0) is 20.1. The van der Waals surface area contributed by atoms with Crippen LogP contribution < -0.4 is 5.32 Å². The maximum Gasteiger partial charge on any atom is 0.259 e. The maximum atomic E-state index is 14.7. The van der Waals surface area contributed by atoms with E-state index in [9.17, 15) is 9.18 Å². The van der Waals surface area contributed by atoms with Crippen molar-refractivity contribution in [2.45, 2.75) is 25.7 Å². The number of anilines is 1. The minimum atomic E-state index is -0.394. The van der Waals surface area contributed by atoms with Crippen LogP contribution in [0.5, 0.6) is 0 Å². The van der Waals surface area contributed by atoms with E-state index >= 15 is 0 Å². The number of carbonyl (C=O) groups is 1. The summed E-state index contributed by atoms with van der Waals surface area (Å²) in [5.74, 6) is 0.881. The monoisotopic (exact) mass is 390 g/mol. The molecule has 7 nitrogen and oxygen atoms in total. The third-order valence-electron chi connectivity index (χ3n) is 5.20. The Hall–Kier alpha value is -3.55. The third-order valence-corrected chi connectivity index (χ3v) is 5.20. The summed E-state index contributed by atoms with van der Waals surface area (Å²) in [6, 6.07) is 8.54. The first kappa shape index (κ1) is 17.5. The van der Waals surface area contributed by atoms with E-state index in [2.05, 4.69) is 20.5 Å². The second kappa shape index (κ2) is 6.51. The predicted octanol–water partition coefficient (Wildman–Crippen LogP) is 3.71. The van der Waals surface area contributed by atoms with Gasteiger partial charge in [-0.05, 0) is 49.6 Å². The van der Waals surface area contributed by atoms with Crippen molar-refractivity contribution in [1.29, 1.82) is 0 Å². The number of nitrogens with one attached hydrogen (secondary N) is 1. The Morgan fingerprint density at radius 2 is 2.10 bits per heavy atom. The summed E-state index contributed by atoms with van der Waals surface area (Å²) in [5, 5.41) is 11.5. The van der Waals surface area contributed by atoms with E-state index in [4.69, 9.17) is 0 Å². The largest absolute Gasteiger partial charge is 0.322 e. The van der Waals surface area contributed by atoms with Crippen LogP contribution in [-0.4, -0.2) is 30.3 Å². The normalized spacial score (nSPS) is 13.8. The molecule has 0 atom stereocenters. The maximum absolute atomic E-state index is 14.7. The first-order valence-electron chi connectivity index (χ1n) is 9.46. The summed E-state index contributed by atoms with van der Waals surface area (Å²) in [7, 11) is 1.75. The molecule has 3 heterocycles. The second-order valence-corrected chi connectivity index (χ2v) is 7.38. The van der Waals surface area contributed by atoms with Gasteiger partial charge in [-0.1, -0.05) is 6.07 Å². The van der Waals surface area contributed by atoms with Crippen LogP contribution in [0.4, 0.5) is 10.1 Å². The summed E-state index contributed by atoms with van der Waals surface area (Å²) in [4.78, 5) is 17.4. The van der Waals surface area contributed by atoms with Gasteiger partial charge in [-0.3, -0.25) is 4.79 Å². The lowest BCUT2D eigenvalue weighted by atomic mass is 10.1. The Kier molecular flexibility index (Phi) is 3.94. The highest BCUT2D eigenvalue weighted by molar-refractivity contribution is 6.09. The van der Waals surface area contributed by atoms with E-state index in [-0.39, 0.29) is 5.91 Å². The second-order valence-electron chi connectivity index (χ2n) is 7.38. The number of halogens is 1. The third kappa shape index (κ3) is 3.06. The van der Waals surface area contributed by atoms with Gasteiger partial charge in [0.15, 0.2) is 11.6 Å². The fourth-order valence-electron chi connectivity index (χ4n) is 3.43. The van der Waals surface area contributed by atoms with Gasteiger partial charge in [-0.25, -0.2) is 18.6 Å². The number of rotatable bonds is 4. The lowest BCUT2D eigenvalue weighted by Gasteiger charge is -2.11. The van der Waals surface area contributed by atoms with Gasteiger partial charge in [-0.2, -0.15) is 10.2 Å². The number of aryl methyl sites for hydroxylation is 2. The molecule has 0 bridgehead atoms. The molecule has 0 aliphatic heterocycles. The zero-order valence-electron chi connectivity index (χ0n) is 16.1. The van der Waals surface area contributed by atoms with Crippen LogP contribution in [0.1, 0.15) is 40.5 Å². The van der Waals surface area contributed by atoms with Gasteiger partial charge >= 0.3 is 0 Å².